The minimum Gasteiger partial charge on any atom is -0.469 e. The molecule has 2 N–H and O–H groups in total. The molecular weight excluding hydrogens is 238 g/mol. The minimum atomic E-state index is -0.227. The second kappa shape index (κ2) is 5.85. The van der Waals surface area contributed by atoms with Gasteiger partial charge in [-0.2, -0.15) is 0 Å². The molecule has 0 saturated carbocycles. The second-order valence-electron chi connectivity index (χ2n) is 4.81. The number of fused-ring (bicyclic) bond motifs is 1. The van der Waals surface area contributed by atoms with Crippen molar-refractivity contribution in [3.8, 4) is 0 Å². The van der Waals surface area contributed by atoms with E-state index in [-0.39, 0.29) is 17.9 Å². The normalized spacial score (nSPS) is 14.1. The number of esters is 1. The Morgan fingerprint density at radius 1 is 1.21 bits per heavy atom. The van der Waals surface area contributed by atoms with Crippen LogP contribution >= 0.6 is 0 Å². The molecule has 0 spiro atoms. The summed E-state index contributed by atoms with van der Waals surface area (Å²) < 4.78 is 4.77. The zero-order valence-corrected chi connectivity index (χ0v) is 11.3. The molecule has 2 unspecified atom stereocenters. The Morgan fingerprint density at radius 3 is 2.58 bits per heavy atom. The molecule has 0 aliphatic carbocycles. The highest BCUT2D eigenvalue weighted by molar-refractivity contribution is 5.86. The number of benzene rings is 2. The van der Waals surface area contributed by atoms with Crippen LogP contribution in [0.3, 0.4) is 0 Å². The number of nitrogens with two attached hydrogens (primary N) is 1. The number of carbonyl (C=O) groups excluding carboxylic acids is 1. The Kier molecular flexibility index (Phi) is 4.17. The lowest BCUT2D eigenvalue weighted by molar-refractivity contribution is -0.141. The van der Waals surface area contributed by atoms with Crippen LogP contribution in [-0.2, 0) is 9.53 Å². The Balaban J connectivity index is 2.47. The van der Waals surface area contributed by atoms with Gasteiger partial charge in [-0.1, -0.05) is 42.5 Å². The zero-order chi connectivity index (χ0) is 13.8. The molecule has 100 valence electrons. The molecular formula is C16H19NO2. The van der Waals surface area contributed by atoms with E-state index in [1.165, 1.54) is 7.11 Å². The molecule has 0 saturated heterocycles. The third-order valence-corrected chi connectivity index (χ3v) is 3.47. The van der Waals surface area contributed by atoms with Gasteiger partial charge in [-0.3, -0.25) is 4.79 Å². The van der Waals surface area contributed by atoms with Crippen LogP contribution in [0.4, 0.5) is 0 Å². The van der Waals surface area contributed by atoms with Crippen molar-refractivity contribution in [3.05, 3.63) is 48.0 Å². The van der Waals surface area contributed by atoms with Crippen LogP contribution in [0.2, 0.25) is 0 Å². The standard InChI is InChI=1S/C16H19NO2/c1-11(17)15(10-16(18)19-2)14-9-5-7-12-6-3-4-8-13(12)14/h3-9,11,15H,10,17H2,1-2H3. The largest absolute Gasteiger partial charge is 0.469 e. The second-order valence-corrected chi connectivity index (χ2v) is 4.81. The predicted octanol–water partition coefficient (Wildman–Crippen LogP) is 2.83. The van der Waals surface area contributed by atoms with Crippen molar-refractivity contribution in [2.24, 2.45) is 5.73 Å². The first-order chi connectivity index (χ1) is 9.13. The van der Waals surface area contributed by atoms with E-state index >= 15 is 0 Å². The summed E-state index contributed by atoms with van der Waals surface area (Å²) in [6.45, 7) is 1.93. The van der Waals surface area contributed by atoms with Crippen molar-refractivity contribution in [3.63, 3.8) is 0 Å². The maximum absolute atomic E-state index is 11.6. The highest BCUT2D eigenvalue weighted by Gasteiger charge is 2.22. The summed E-state index contributed by atoms with van der Waals surface area (Å²) in [5, 5.41) is 2.31. The van der Waals surface area contributed by atoms with Gasteiger partial charge in [0.25, 0.3) is 0 Å². The van der Waals surface area contributed by atoms with E-state index in [4.69, 9.17) is 10.5 Å². The van der Waals surface area contributed by atoms with Crippen molar-refractivity contribution >= 4 is 16.7 Å². The lowest BCUT2D eigenvalue weighted by atomic mass is 9.86. The molecule has 0 heterocycles. The molecule has 19 heavy (non-hydrogen) atoms. The van der Waals surface area contributed by atoms with Crippen LogP contribution in [0, 0.1) is 0 Å². The fraction of sp³-hybridized carbons (Fsp3) is 0.312. The van der Waals surface area contributed by atoms with Crippen LogP contribution in [0.25, 0.3) is 10.8 Å². The number of carbonyl (C=O) groups is 1. The first-order valence-corrected chi connectivity index (χ1v) is 6.43. The summed E-state index contributed by atoms with van der Waals surface area (Å²) in [6.07, 6.45) is 0.308. The van der Waals surface area contributed by atoms with Gasteiger partial charge in [-0.05, 0) is 23.3 Å². The number of ether oxygens (including phenoxy) is 1. The Labute approximate surface area is 113 Å². The van der Waals surface area contributed by atoms with E-state index in [1.807, 2.05) is 31.2 Å². The number of methoxy groups -OCH3 is 1. The predicted molar refractivity (Wildman–Crippen MR) is 77.0 cm³/mol. The van der Waals surface area contributed by atoms with Crippen LogP contribution < -0.4 is 5.73 Å². The van der Waals surface area contributed by atoms with E-state index < -0.39 is 0 Å². The third kappa shape index (κ3) is 2.93. The van der Waals surface area contributed by atoms with Crippen molar-refractivity contribution < 1.29 is 9.53 Å². The van der Waals surface area contributed by atoms with E-state index in [0.717, 1.165) is 16.3 Å². The molecule has 0 fully saturated rings. The topological polar surface area (TPSA) is 52.3 Å². The molecule has 2 aromatic carbocycles. The summed E-state index contributed by atoms with van der Waals surface area (Å²) in [5.74, 6) is -0.256. The summed E-state index contributed by atoms with van der Waals surface area (Å²) in [5.41, 5.74) is 7.16. The average Bonchev–Trinajstić information content (AvgIpc) is 2.43. The van der Waals surface area contributed by atoms with Gasteiger partial charge in [-0.15, -0.1) is 0 Å². The maximum Gasteiger partial charge on any atom is 0.306 e. The van der Waals surface area contributed by atoms with Gasteiger partial charge >= 0.3 is 5.97 Å². The third-order valence-electron chi connectivity index (χ3n) is 3.47. The van der Waals surface area contributed by atoms with Crippen molar-refractivity contribution in [1.82, 2.24) is 0 Å². The van der Waals surface area contributed by atoms with E-state index in [0.29, 0.717) is 6.42 Å². The number of rotatable bonds is 4. The molecule has 2 aromatic rings. The van der Waals surface area contributed by atoms with E-state index in [2.05, 4.69) is 18.2 Å². The van der Waals surface area contributed by atoms with Crippen LogP contribution in [0.5, 0.6) is 0 Å². The summed E-state index contributed by atoms with van der Waals surface area (Å²) in [7, 11) is 1.41. The first-order valence-electron chi connectivity index (χ1n) is 6.43. The van der Waals surface area contributed by atoms with Gasteiger partial charge in [0.2, 0.25) is 0 Å². The summed E-state index contributed by atoms with van der Waals surface area (Å²) in [4.78, 5) is 11.6. The molecule has 0 aromatic heterocycles. The van der Waals surface area contributed by atoms with Crippen molar-refractivity contribution in [1.29, 1.82) is 0 Å². The molecule has 0 aliphatic heterocycles. The summed E-state index contributed by atoms with van der Waals surface area (Å²) in [6, 6.07) is 14.1. The van der Waals surface area contributed by atoms with Gasteiger partial charge in [0, 0.05) is 12.0 Å². The molecule has 2 atom stereocenters. The Morgan fingerprint density at radius 2 is 1.89 bits per heavy atom. The quantitative estimate of drug-likeness (QED) is 0.857. The lowest BCUT2D eigenvalue weighted by Crippen LogP contribution is -2.27. The van der Waals surface area contributed by atoms with Gasteiger partial charge in [0.15, 0.2) is 0 Å². The Hall–Kier alpha value is -1.87. The van der Waals surface area contributed by atoms with Crippen molar-refractivity contribution in [2.45, 2.75) is 25.3 Å². The monoisotopic (exact) mass is 257 g/mol. The molecule has 3 nitrogen and oxygen atoms in total. The molecule has 0 amide bonds. The molecule has 0 radical (unpaired) electrons. The average molecular weight is 257 g/mol. The summed E-state index contributed by atoms with van der Waals surface area (Å²) >= 11 is 0. The van der Waals surface area contributed by atoms with Crippen LogP contribution in [0.1, 0.15) is 24.8 Å². The lowest BCUT2D eigenvalue weighted by Gasteiger charge is -2.21. The Bertz CT molecular complexity index is 572. The molecule has 3 heteroatoms. The molecule has 0 aliphatic rings. The van der Waals surface area contributed by atoms with Crippen LogP contribution in [-0.4, -0.2) is 19.1 Å². The van der Waals surface area contributed by atoms with Gasteiger partial charge in [0.1, 0.15) is 0 Å². The molecule has 2 rings (SSSR count). The van der Waals surface area contributed by atoms with E-state index in [1.54, 1.807) is 0 Å². The SMILES string of the molecule is COC(=O)CC(c1cccc2ccccc12)C(C)N. The van der Waals surface area contributed by atoms with Gasteiger partial charge in [0.05, 0.1) is 13.5 Å². The van der Waals surface area contributed by atoms with E-state index in [9.17, 15) is 4.79 Å². The molecule has 0 bridgehead atoms. The zero-order valence-electron chi connectivity index (χ0n) is 11.3. The highest BCUT2D eigenvalue weighted by Crippen LogP contribution is 2.30. The van der Waals surface area contributed by atoms with Gasteiger partial charge < -0.3 is 10.5 Å². The highest BCUT2D eigenvalue weighted by atomic mass is 16.5. The minimum absolute atomic E-state index is 0.0291. The van der Waals surface area contributed by atoms with Crippen molar-refractivity contribution in [2.75, 3.05) is 7.11 Å². The maximum atomic E-state index is 11.6. The fourth-order valence-corrected chi connectivity index (χ4v) is 2.42. The fourth-order valence-electron chi connectivity index (χ4n) is 2.42. The number of hydrogen-bond acceptors (Lipinski definition) is 3. The smallest absolute Gasteiger partial charge is 0.306 e. The van der Waals surface area contributed by atoms with Gasteiger partial charge in [-0.25, -0.2) is 0 Å². The first kappa shape index (κ1) is 13.6. The van der Waals surface area contributed by atoms with Crippen LogP contribution in [0.15, 0.2) is 42.5 Å². The number of hydrogen-bond donors (Lipinski definition) is 1.